The fourth-order valence-electron chi connectivity index (χ4n) is 1.65. The highest BCUT2D eigenvalue weighted by molar-refractivity contribution is 7.99. The summed E-state index contributed by atoms with van der Waals surface area (Å²) in [5, 5.41) is 5.14. The Hall–Kier alpha value is -0.770. The minimum absolute atomic E-state index is 0.442. The van der Waals surface area contributed by atoms with Gasteiger partial charge in [0.1, 0.15) is 17.2 Å². The molecule has 0 bridgehead atoms. The van der Waals surface area contributed by atoms with Gasteiger partial charge in [-0.05, 0) is 18.8 Å². The molecule has 0 saturated carbocycles. The SMILES string of the molecule is CCCNc1ncnc(SC(C)CC)c1C(C)C. The monoisotopic (exact) mass is 267 g/mol. The maximum Gasteiger partial charge on any atom is 0.133 e. The number of hydrogen-bond acceptors (Lipinski definition) is 4. The van der Waals surface area contributed by atoms with Crippen molar-refractivity contribution < 1.29 is 0 Å². The van der Waals surface area contributed by atoms with Crippen LogP contribution >= 0.6 is 11.8 Å². The summed E-state index contributed by atoms with van der Waals surface area (Å²) in [5.74, 6) is 1.45. The molecule has 0 radical (unpaired) electrons. The van der Waals surface area contributed by atoms with E-state index < -0.39 is 0 Å². The Morgan fingerprint density at radius 2 is 1.94 bits per heavy atom. The van der Waals surface area contributed by atoms with E-state index in [1.165, 1.54) is 5.56 Å². The zero-order valence-corrected chi connectivity index (χ0v) is 13.0. The molecule has 1 heterocycles. The lowest BCUT2D eigenvalue weighted by Crippen LogP contribution is -2.09. The topological polar surface area (TPSA) is 37.8 Å². The van der Waals surface area contributed by atoms with Crippen molar-refractivity contribution in [3.8, 4) is 0 Å². The molecule has 1 atom stereocenters. The van der Waals surface area contributed by atoms with Crippen LogP contribution < -0.4 is 5.32 Å². The largest absolute Gasteiger partial charge is 0.370 e. The lowest BCUT2D eigenvalue weighted by Gasteiger charge is -2.18. The Bertz CT molecular complexity index is 366. The summed E-state index contributed by atoms with van der Waals surface area (Å²) in [4.78, 5) is 8.86. The molecule has 1 unspecified atom stereocenters. The first-order chi connectivity index (χ1) is 8.60. The molecule has 1 aromatic heterocycles. The highest BCUT2D eigenvalue weighted by Gasteiger charge is 2.16. The lowest BCUT2D eigenvalue weighted by atomic mass is 10.1. The number of anilines is 1. The van der Waals surface area contributed by atoms with E-state index in [1.807, 2.05) is 11.8 Å². The molecule has 18 heavy (non-hydrogen) atoms. The van der Waals surface area contributed by atoms with Crippen LogP contribution in [0.2, 0.25) is 0 Å². The molecule has 0 saturated heterocycles. The van der Waals surface area contributed by atoms with Gasteiger partial charge in [0.2, 0.25) is 0 Å². The van der Waals surface area contributed by atoms with Gasteiger partial charge in [0, 0.05) is 17.4 Å². The predicted octanol–water partition coefficient (Wildman–Crippen LogP) is 4.31. The number of rotatable bonds is 7. The molecule has 0 amide bonds. The first-order valence-electron chi connectivity index (χ1n) is 6.85. The van der Waals surface area contributed by atoms with Gasteiger partial charge < -0.3 is 5.32 Å². The molecule has 102 valence electrons. The van der Waals surface area contributed by atoms with Crippen molar-refractivity contribution in [1.82, 2.24) is 9.97 Å². The normalized spacial score (nSPS) is 12.8. The summed E-state index contributed by atoms with van der Waals surface area (Å²) in [7, 11) is 0. The van der Waals surface area contributed by atoms with Crippen molar-refractivity contribution in [2.75, 3.05) is 11.9 Å². The van der Waals surface area contributed by atoms with Crippen LogP contribution in [-0.2, 0) is 0 Å². The molecule has 0 spiro atoms. The maximum absolute atomic E-state index is 4.47. The first-order valence-corrected chi connectivity index (χ1v) is 7.73. The highest BCUT2D eigenvalue weighted by Crippen LogP contribution is 2.34. The molecular formula is C14H25N3S. The van der Waals surface area contributed by atoms with Crippen LogP contribution in [0.3, 0.4) is 0 Å². The van der Waals surface area contributed by atoms with E-state index in [-0.39, 0.29) is 0 Å². The third-order valence-electron chi connectivity index (χ3n) is 2.85. The number of hydrogen-bond donors (Lipinski definition) is 1. The molecule has 1 rings (SSSR count). The van der Waals surface area contributed by atoms with E-state index in [0.717, 1.165) is 30.2 Å². The summed E-state index contributed by atoms with van der Waals surface area (Å²) in [6, 6.07) is 0. The zero-order valence-electron chi connectivity index (χ0n) is 12.2. The molecule has 3 nitrogen and oxygen atoms in total. The molecule has 0 aliphatic carbocycles. The van der Waals surface area contributed by atoms with Crippen molar-refractivity contribution >= 4 is 17.6 Å². The van der Waals surface area contributed by atoms with Gasteiger partial charge in [-0.2, -0.15) is 0 Å². The Kier molecular flexibility index (Phi) is 6.47. The minimum Gasteiger partial charge on any atom is -0.370 e. The minimum atomic E-state index is 0.442. The number of nitrogens with one attached hydrogen (secondary N) is 1. The van der Waals surface area contributed by atoms with Crippen LogP contribution in [0.4, 0.5) is 5.82 Å². The van der Waals surface area contributed by atoms with Gasteiger partial charge in [-0.3, -0.25) is 0 Å². The second-order valence-corrected chi connectivity index (χ2v) is 6.29. The Labute approximate surface area is 115 Å². The average Bonchev–Trinajstić information content (AvgIpc) is 2.35. The van der Waals surface area contributed by atoms with Crippen LogP contribution in [0, 0.1) is 0 Å². The number of aromatic nitrogens is 2. The second-order valence-electron chi connectivity index (χ2n) is 4.86. The second kappa shape index (κ2) is 7.62. The van der Waals surface area contributed by atoms with Crippen molar-refractivity contribution in [3.63, 3.8) is 0 Å². The molecule has 0 aliphatic heterocycles. The molecule has 0 aromatic carbocycles. The molecular weight excluding hydrogens is 242 g/mol. The molecule has 0 fully saturated rings. The first kappa shape index (κ1) is 15.3. The fraction of sp³-hybridized carbons (Fsp3) is 0.714. The van der Waals surface area contributed by atoms with E-state index in [2.05, 4.69) is 49.9 Å². The summed E-state index contributed by atoms with van der Waals surface area (Å²) in [5.41, 5.74) is 1.26. The smallest absolute Gasteiger partial charge is 0.133 e. The summed E-state index contributed by atoms with van der Waals surface area (Å²) in [6.45, 7) is 12.0. The standard InChI is InChI=1S/C14H25N3S/c1-6-8-15-13-12(10(3)4)14(17-9-16-13)18-11(5)7-2/h9-11H,6-8H2,1-5H3,(H,15,16,17). The fourth-order valence-corrected chi connectivity index (χ4v) is 2.77. The predicted molar refractivity (Wildman–Crippen MR) is 80.5 cm³/mol. The van der Waals surface area contributed by atoms with E-state index in [9.17, 15) is 0 Å². The summed E-state index contributed by atoms with van der Waals surface area (Å²) in [6.07, 6.45) is 3.94. The average molecular weight is 267 g/mol. The number of nitrogens with zero attached hydrogens (tertiary/aromatic N) is 2. The van der Waals surface area contributed by atoms with E-state index in [1.54, 1.807) is 6.33 Å². The number of thioether (sulfide) groups is 1. The van der Waals surface area contributed by atoms with Crippen molar-refractivity contribution in [3.05, 3.63) is 11.9 Å². The molecule has 0 aliphatic rings. The quantitative estimate of drug-likeness (QED) is 0.590. The summed E-state index contributed by atoms with van der Waals surface area (Å²) < 4.78 is 0. The maximum atomic E-state index is 4.47. The van der Waals surface area contributed by atoms with Gasteiger partial charge >= 0.3 is 0 Å². The van der Waals surface area contributed by atoms with Crippen LogP contribution in [0.5, 0.6) is 0 Å². The van der Waals surface area contributed by atoms with E-state index in [0.29, 0.717) is 11.2 Å². The van der Waals surface area contributed by atoms with E-state index >= 15 is 0 Å². The van der Waals surface area contributed by atoms with Crippen molar-refractivity contribution in [2.45, 2.75) is 63.7 Å². The Morgan fingerprint density at radius 1 is 1.22 bits per heavy atom. The zero-order chi connectivity index (χ0) is 13.5. The van der Waals surface area contributed by atoms with Crippen LogP contribution in [0.1, 0.15) is 58.9 Å². The van der Waals surface area contributed by atoms with Crippen LogP contribution in [0.25, 0.3) is 0 Å². The van der Waals surface area contributed by atoms with Gasteiger partial charge in [0.05, 0.1) is 0 Å². The third kappa shape index (κ3) is 4.16. The third-order valence-corrected chi connectivity index (χ3v) is 4.14. The van der Waals surface area contributed by atoms with Gasteiger partial charge in [0.15, 0.2) is 0 Å². The van der Waals surface area contributed by atoms with Crippen molar-refractivity contribution in [1.29, 1.82) is 0 Å². The van der Waals surface area contributed by atoms with Crippen LogP contribution in [0.15, 0.2) is 11.4 Å². The van der Waals surface area contributed by atoms with Crippen molar-refractivity contribution in [2.24, 2.45) is 0 Å². The molecule has 1 N–H and O–H groups in total. The molecule has 1 aromatic rings. The van der Waals surface area contributed by atoms with Gasteiger partial charge in [-0.1, -0.05) is 34.6 Å². The molecule has 4 heteroatoms. The van der Waals surface area contributed by atoms with Crippen LogP contribution in [-0.4, -0.2) is 21.8 Å². The lowest BCUT2D eigenvalue weighted by molar-refractivity contribution is 0.795. The summed E-state index contributed by atoms with van der Waals surface area (Å²) >= 11 is 1.86. The Balaban J connectivity index is 3.01. The van der Waals surface area contributed by atoms with Gasteiger partial charge in [0.25, 0.3) is 0 Å². The van der Waals surface area contributed by atoms with Gasteiger partial charge in [-0.25, -0.2) is 9.97 Å². The highest BCUT2D eigenvalue weighted by atomic mass is 32.2. The van der Waals surface area contributed by atoms with Gasteiger partial charge in [-0.15, -0.1) is 11.8 Å². The Morgan fingerprint density at radius 3 is 2.50 bits per heavy atom. The van der Waals surface area contributed by atoms with E-state index in [4.69, 9.17) is 0 Å².